The van der Waals surface area contributed by atoms with Crippen molar-refractivity contribution in [2.24, 2.45) is 0 Å². The molecule has 0 radical (unpaired) electrons. The average molecular weight is 172 g/mol. The van der Waals surface area contributed by atoms with Gasteiger partial charge in [-0.2, -0.15) is 0 Å². The van der Waals surface area contributed by atoms with Crippen molar-refractivity contribution in [3.63, 3.8) is 0 Å². The van der Waals surface area contributed by atoms with Gasteiger partial charge >= 0.3 is 0 Å². The van der Waals surface area contributed by atoms with E-state index in [1.807, 2.05) is 20.8 Å². The summed E-state index contributed by atoms with van der Waals surface area (Å²) in [5.41, 5.74) is 0. The fourth-order valence-electron chi connectivity index (χ4n) is 1.08. The van der Waals surface area contributed by atoms with Crippen molar-refractivity contribution < 1.29 is 4.79 Å². The van der Waals surface area contributed by atoms with Gasteiger partial charge in [0.1, 0.15) is 0 Å². The van der Waals surface area contributed by atoms with Gasteiger partial charge < -0.3 is 10.2 Å². The van der Waals surface area contributed by atoms with Crippen LogP contribution in [0.2, 0.25) is 0 Å². The Morgan fingerprint density at radius 2 is 1.92 bits per heavy atom. The summed E-state index contributed by atoms with van der Waals surface area (Å²) in [6.45, 7) is 6.11. The fraction of sp³-hybridized carbons (Fsp3) is 0.889. The number of likely N-dealkylation sites (N-methyl/N-ethyl adjacent to an activating group) is 1. The van der Waals surface area contributed by atoms with Gasteiger partial charge in [-0.25, -0.2) is 0 Å². The number of hydrogen-bond donors (Lipinski definition) is 1. The third-order valence-electron chi connectivity index (χ3n) is 1.68. The van der Waals surface area contributed by atoms with Crippen molar-refractivity contribution in [2.75, 3.05) is 14.1 Å². The summed E-state index contributed by atoms with van der Waals surface area (Å²) in [4.78, 5) is 13.1. The maximum absolute atomic E-state index is 11.5. The zero-order valence-corrected chi connectivity index (χ0v) is 8.72. The number of carbonyl (C=O) groups is 1. The van der Waals surface area contributed by atoms with Crippen LogP contribution in [-0.4, -0.2) is 37.0 Å². The van der Waals surface area contributed by atoms with Gasteiger partial charge in [-0.15, -0.1) is 0 Å². The van der Waals surface area contributed by atoms with Crippen LogP contribution in [0.4, 0.5) is 0 Å². The van der Waals surface area contributed by atoms with E-state index in [4.69, 9.17) is 0 Å². The maximum Gasteiger partial charge on any atom is 0.239 e. The molecule has 0 heterocycles. The Bertz CT molecular complexity index is 143. The summed E-state index contributed by atoms with van der Waals surface area (Å²) in [6.07, 6.45) is 0.842. The molecule has 1 atom stereocenters. The molecule has 0 fully saturated rings. The van der Waals surface area contributed by atoms with E-state index in [0.717, 1.165) is 6.42 Å². The molecule has 12 heavy (non-hydrogen) atoms. The van der Waals surface area contributed by atoms with Gasteiger partial charge in [-0.1, -0.05) is 20.8 Å². The van der Waals surface area contributed by atoms with Crippen LogP contribution in [0.3, 0.4) is 0 Å². The molecular weight excluding hydrogens is 152 g/mol. The summed E-state index contributed by atoms with van der Waals surface area (Å²) in [5.74, 6) is 0.159. The molecule has 0 aliphatic rings. The first-order valence-electron chi connectivity index (χ1n) is 4.46. The maximum atomic E-state index is 11.5. The molecule has 0 aromatic rings. The summed E-state index contributed by atoms with van der Waals surface area (Å²) >= 11 is 0. The normalized spacial score (nSPS) is 13.2. The Morgan fingerprint density at radius 1 is 1.42 bits per heavy atom. The molecule has 0 rings (SSSR count). The van der Waals surface area contributed by atoms with Crippen LogP contribution in [0.5, 0.6) is 0 Å². The van der Waals surface area contributed by atoms with Gasteiger partial charge in [0.25, 0.3) is 0 Å². The molecule has 1 N–H and O–H groups in total. The standard InChI is InChI=1S/C9H20N2O/c1-6-8(10-7(2)3)9(12)11(4)5/h7-8,10H,6H2,1-5H3/t8-/m0/s1. The first-order valence-corrected chi connectivity index (χ1v) is 4.46. The molecule has 3 nitrogen and oxygen atoms in total. The van der Waals surface area contributed by atoms with E-state index < -0.39 is 0 Å². The minimum atomic E-state index is -0.0278. The SMILES string of the molecule is CC[C@H](NC(C)C)C(=O)N(C)C. The number of carbonyl (C=O) groups excluding carboxylic acids is 1. The molecule has 72 valence electrons. The van der Waals surface area contributed by atoms with Crippen LogP contribution in [-0.2, 0) is 4.79 Å². The molecule has 0 aromatic heterocycles. The van der Waals surface area contributed by atoms with E-state index in [0.29, 0.717) is 6.04 Å². The van der Waals surface area contributed by atoms with Gasteiger partial charge in [0, 0.05) is 20.1 Å². The second-order valence-electron chi connectivity index (χ2n) is 3.51. The van der Waals surface area contributed by atoms with E-state index in [-0.39, 0.29) is 11.9 Å². The van der Waals surface area contributed by atoms with Crippen LogP contribution in [0.15, 0.2) is 0 Å². The highest BCUT2D eigenvalue weighted by Gasteiger charge is 2.17. The molecule has 0 unspecified atom stereocenters. The first kappa shape index (κ1) is 11.4. The summed E-state index contributed by atoms with van der Waals surface area (Å²) in [7, 11) is 3.57. The van der Waals surface area contributed by atoms with Gasteiger partial charge in [-0.05, 0) is 6.42 Å². The summed E-state index contributed by atoms with van der Waals surface area (Å²) in [6, 6.07) is 0.332. The number of rotatable bonds is 4. The van der Waals surface area contributed by atoms with Crippen LogP contribution in [0, 0.1) is 0 Å². The lowest BCUT2D eigenvalue weighted by atomic mass is 10.2. The predicted molar refractivity (Wildman–Crippen MR) is 51.0 cm³/mol. The minimum absolute atomic E-state index is 0.0278. The third-order valence-corrected chi connectivity index (χ3v) is 1.68. The van der Waals surface area contributed by atoms with Gasteiger partial charge in [0.05, 0.1) is 6.04 Å². The van der Waals surface area contributed by atoms with Crippen molar-refractivity contribution in [1.29, 1.82) is 0 Å². The average Bonchev–Trinajstić information content (AvgIpc) is 1.98. The lowest BCUT2D eigenvalue weighted by molar-refractivity contribution is -0.131. The monoisotopic (exact) mass is 172 g/mol. The molecule has 0 bridgehead atoms. The zero-order valence-electron chi connectivity index (χ0n) is 8.72. The van der Waals surface area contributed by atoms with Gasteiger partial charge in [-0.3, -0.25) is 4.79 Å². The van der Waals surface area contributed by atoms with E-state index >= 15 is 0 Å². The molecule has 3 heteroatoms. The number of amides is 1. The van der Waals surface area contributed by atoms with Crippen molar-refractivity contribution in [1.82, 2.24) is 10.2 Å². The first-order chi connectivity index (χ1) is 5.49. The third kappa shape index (κ3) is 3.72. The van der Waals surface area contributed by atoms with E-state index in [1.165, 1.54) is 0 Å². The molecule has 0 saturated carbocycles. The van der Waals surface area contributed by atoms with Crippen LogP contribution in [0.25, 0.3) is 0 Å². The molecular formula is C9H20N2O. The zero-order chi connectivity index (χ0) is 9.72. The highest BCUT2D eigenvalue weighted by atomic mass is 16.2. The number of hydrogen-bond acceptors (Lipinski definition) is 2. The fourth-order valence-corrected chi connectivity index (χ4v) is 1.08. The Labute approximate surface area is 75.1 Å². The van der Waals surface area contributed by atoms with Crippen LogP contribution in [0.1, 0.15) is 27.2 Å². The van der Waals surface area contributed by atoms with Crippen LogP contribution < -0.4 is 5.32 Å². The molecule has 0 aliphatic carbocycles. The molecule has 0 aromatic carbocycles. The summed E-state index contributed by atoms with van der Waals surface area (Å²) < 4.78 is 0. The van der Waals surface area contributed by atoms with Crippen molar-refractivity contribution >= 4 is 5.91 Å². The smallest absolute Gasteiger partial charge is 0.239 e. The Kier molecular flexibility index (Phi) is 4.90. The largest absolute Gasteiger partial charge is 0.347 e. The molecule has 1 amide bonds. The topological polar surface area (TPSA) is 32.3 Å². The summed E-state index contributed by atoms with van der Waals surface area (Å²) in [5, 5.41) is 3.22. The van der Waals surface area contributed by atoms with Gasteiger partial charge in [0.15, 0.2) is 0 Å². The Hall–Kier alpha value is -0.570. The van der Waals surface area contributed by atoms with Crippen molar-refractivity contribution in [3.8, 4) is 0 Å². The van der Waals surface area contributed by atoms with Gasteiger partial charge in [0.2, 0.25) is 5.91 Å². The minimum Gasteiger partial charge on any atom is -0.347 e. The van der Waals surface area contributed by atoms with Crippen molar-refractivity contribution in [3.05, 3.63) is 0 Å². The van der Waals surface area contributed by atoms with E-state index in [9.17, 15) is 4.79 Å². The number of nitrogens with zero attached hydrogens (tertiary/aromatic N) is 1. The Balaban J connectivity index is 4.06. The molecule has 0 saturated heterocycles. The highest BCUT2D eigenvalue weighted by molar-refractivity contribution is 5.81. The Morgan fingerprint density at radius 3 is 2.17 bits per heavy atom. The lowest BCUT2D eigenvalue weighted by Crippen LogP contribution is -2.45. The van der Waals surface area contributed by atoms with E-state index in [2.05, 4.69) is 5.32 Å². The number of nitrogens with one attached hydrogen (secondary N) is 1. The van der Waals surface area contributed by atoms with E-state index in [1.54, 1.807) is 19.0 Å². The quantitative estimate of drug-likeness (QED) is 0.682. The van der Waals surface area contributed by atoms with Crippen LogP contribution >= 0.6 is 0 Å². The highest BCUT2D eigenvalue weighted by Crippen LogP contribution is 1.97. The second kappa shape index (κ2) is 5.14. The lowest BCUT2D eigenvalue weighted by Gasteiger charge is -2.22. The predicted octanol–water partition coefficient (Wildman–Crippen LogP) is 0.851. The van der Waals surface area contributed by atoms with Crippen molar-refractivity contribution in [2.45, 2.75) is 39.3 Å². The molecule has 0 spiro atoms. The second-order valence-corrected chi connectivity index (χ2v) is 3.51. The molecule has 0 aliphatic heterocycles.